The lowest BCUT2D eigenvalue weighted by Gasteiger charge is -2.24. The third-order valence-electron chi connectivity index (χ3n) is 5.83. The lowest BCUT2D eigenvalue weighted by Crippen LogP contribution is -2.39. The van der Waals surface area contributed by atoms with Crippen molar-refractivity contribution >= 4 is 17.7 Å². The number of carboxylic acid groups (broad SMARTS) is 1. The Bertz CT molecular complexity index is 1160. The fourth-order valence-corrected chi connectivity index (χ4v) is 3.68. The Morgan fingerprint density at radius 3 is 2.02 bits per heavy atom. The van der Waals surface area contributed by atoms with Gasteiger partial charge in [0.25, 0.3) is 0 Å². The number of benzene rings is 2. The predicted octanol–water partition coefficient (Wildman–Crippen LogP) is 6.90. The molecule has 8 nitrogen and oxygen atoms in total. The van der Waals surface area contributed by atoms with Crippen LogP contribution >= 0.6 is 0 Å². The molecule has 0 bridgehead atoms. The minimum absolute atomic E-state index is 0.0661. The molecule has 0 aliphatic rings. The van der Waals surface area contributed by atoms with Gasteiger partial charge in [0.2, 0.25) is 0 Å². The maximum Gasteiger partial charge on any atom is 0.573 e. The first-order valence-corrected chi connectivity index (χ1v) is 12.9. The predicted molar refractivity (Wildman–Crippen MR) is 137 cm³/mol. The first-order chi connectivity index (χ1) is 20.0. The summed E-state index contributed by atoms with van der Waals surface area (Å²) in [6.45, 7) is 1.39. The van der Waals surface area contributed by atoms with E-state index < -0.39 is 55.2 Å². The summed E-state index contributed by atoms with van der Waals surface area (Å²) in [5.74, 6) is -6.20. The highest BCUT2D eigenvalue weighted by atomic mass is 19.4. The average Bonchev–Trinajstić information content (AvgIpc) is 2.90. The number of rotatable bonds is 16. The molecule has 0 heterocycles. The van der Waals surface area contributed by atoms with Gasteiger partial charge in [0.15, 0.2) is 6.10 Å². The SMILES string of the molecule is CCOC(Cc1ccc(OCCN(CCCCC(F)(F)C(F)(F)F)C(=O)Nc2ccc(OC(F)(F)F)cc2)cc1)C(=O)O. The summed E-state index contributed by atoms with van der Waals surface area (Å²) in [6, 6.07) is 9.67. The molecular weight excluding hydrogens is 600 g/mol. The zero-order chi connectivity index (χ0) is 32.3. The molecule has 16 heteroatoms. The van der Waals surface area contributed by atoms with Crippen molar-refractivity contribution in [1.29, 1.82) is 0 Å². The summed E-state index contributed by atoms with van der Waals surface area (Å²) in [5.41, 5.74) is 0.716. The maximum atomic E-state index is 13.2. The number of carboxylic acids is 1. The molecule has 2 N–H and O–H groups in total. The fraction of sp³-hybridized carbons (Fsp3) is 0.481. The van der Waals surface area contributed by atoms with Gasteiger partial charge in [-0.3, -0.25) is 0 Å². The van der Waals surface area contributed by atoms with E-state index in [2.05, 4.69) is 10.1 Å². The molecule has 43 heavy (non-hydrogen) atoms. The number of halogens is 8. The van der Waals surface area contributed by atoms with Gasteiger partial charge in [0.05, 0.1) is 6.54 Å². The number of aliphatic carboxylic acids is 1. The first kappa shape index (κ1) is 35.4. The standard InChI is InChI=1S/C27H30F8N2O6/c1-2-41-22(23(38)39)17-18-5-9-20(10-6-18)42-16-15-37(14-4-3-13-25(28,29)26(30,31)32)24(40)36-19-7-11-21(12-8-19)43-27(33,34)35/h5-12,22H,2-4,13-17H2,1H3,(H,36,40)(H,38,39). The third kappa shape index (κ3) is 12.5. The van der Waals surface area contributed by atoms with Gasteiger partial charge < -0.3 is 29.5 Å². The molecule has 1 atom stereocenters. The molecule has 2 rings (SSSR count). The number of amides is 2. The highest BCUT2D eigenvalue weighted by Gasteiger charge is 2.56. The molecule has 2 aromatic carbocycles. The topological polar surface area (TPSA) is 97.3 Å². The van der Waals surface area contributed by atoms with Crippen molar-refractivity contribution in [1.82, 2.24) is 4.90 Å². The molecule has 0 spiro atoms. The van der Waals surface area contributed by atoms with E-state index in [4.69, 9.17) is 9.47 Å². The number of nitrogens with one attached hydrogen (secondary N) is 1. The monoisotopic (exact) mass is 630 g/mol. The summed E-state index contributed by atoms with van der Waals surface area (Å²) in [6.07, 6.45) is -13.8. The van der Waals surface area contributed by atoms with E-state index in [0.29, 0.717) is 11.3 Å². The van der Waals surface area contributed by atoms with Crippen LogP contribution in [0.15, 0.2) is 48.5 Å². The number of alkyl halides is 8. The molecule has 1 unspecified atom stereocenters. The van der Waals surface area contributed by atoms with Crippen LogP contribution in [-0.4, -0.2) is 72.9 Å². The van der Waals surface area contributed by atoms with Gasteiger partial charge in [0, 0.05) is 31.7 Å². The second-order valence-corrected chi connectivity index (χ2v) is 9.13. The summed E-state index contributed by atoms with van der Waals surface area (Å²) in [7, 11) is 0. The molecule has 0 fully saturated rings. The van der Waals surface area contributed by atoms with E-state index in [1.807, 2.05) is 0 Å². The van der Waals surface area contributed by atoms with Crippen molar-refractivity contribution in [2.24, 2.45) is 0 Å². The molecule has 2 amide bonds. The van der Waals surface area contributed by atoms with Crippen molar-refractivity contribution in [3.8, 4) is 11.5 Å². The van der Waals surface area contributed by atoms with Crippen molar-refractivity contribution in [2.45, 2.75) is 57.2 Å². The van der Waals surface area contributed by atoms with Crippen LogP contribution < -0.4 is 14.8 Å². The summed E-state index contributed by atoms with van der Waals surface area (Å²) >= 11 is 0. The highest BCUT2D eigenvalue weighted by molar-refractivity contribution is 5.89. The Balaban J connectivity index is 2.01. The van der Waals surface area contributed by atoms with Gasteiger partial charge in [-0.2, -0.15) is 22.0 Å². The number of carbonyl (C=O) groups is 2. The van der Waals surface area contributed by atoms with Crippen LogP contribution in [0.25, 0.3) is 0 Å². The van der Waals surface area contributed by atoms with Gasteiger partial charge >= 0.3 is 30.5 Å². The Morgan fingerprint density at radius 1 is 0.884 bits per heavy atom. The number of unbranched alkanes of at least 4 members (excludes halogenated alkanes) is 1. The van der Waals surface area contributed by atoms with E-state index >= 15 is 0 Å². The minimum Gasteiger partial charge on any atom is -0.492 e. The number of anilines is 1. The maximum absolute atomic E-state index is 13.2. The molecule has 2 aromatic rings. The smallest absolute Gasteiger partial charge is 0.492 e. The molecule has 0 aliphatic carbocycles. The van der Waals surface area contributed by atoms with Crippen LogP contribution in [0, 0.1) is 0 Å². The van der Waals surface area contributed by atoms with Crippen molar-refractivity contribution in [3.05, 3.63) is 54.1 Å². The number of urea groups is 1. The van der Waals surface area contributed by atoms with Gasteiger partial charge in [-0.25, -0.2) is 9.59 Å². The Kier molecular flexibility index (Phi) is 12.8. The van der Waals surface area contributed by atoms with Crippen LogP contribution in [0.1, 0.15) is 31.7 Å². The van der Waals surface area contributed by atoms with Gasteiger partial charge in [0.1, 0.15) is 18.1 Å². The van der Waals surface area contributed by atoms with Crippen LogP contribution in [0.3, 0.4) is 0 Å². The summed E-state index contributed by atoms with van der Waals surface area (Å²) < 4.78 is 115. The van der Waals surface area contributed by atoms with Gasteiger partial charge in [-0.1, -0.05) is 12.1 Å². The van der Waals surface area contributed by atoms with Gasteiger partial charge in [-0.05, 0) is 61.7 Å². The number of hydrogen-bond acceptors (Lipinski definition) is 5. The molecule has 240 valence electrons. The lowest BCUT2D eigenvalue weighted by atomic mass is 10.1. The molecule has 0 saturated carbocycles. The molecule has 0 saturated heterocycles. The summed E-state index contributed by atoms with van der Waals surface area (Å²) in [4.78, 5) is 25.2. The Morgan fingerprint density at radius 2 is 1.49 bits per heavy atom. The number of ether oxygens (including phenoxy) is 3. The van der Waals surface area contributed by atoms with Crippen LogP contribution in [0.2, 0.25) is 0 Å². The normalized spacial score (nSPS) is 12.9. The molecular formula is C27H30F8N2O6. The highest BCUT2D eigenvalue weighted by Crippen LogP contribution is 2.39. The van der Waals surface area contributed by atoms with E-state index in [1.165, 1.54) is 0 Å². The lowest BCUT2D eigenvalue weighted by molar-refractivity contribution is -0.284. The van der Waals surface area contributed by atoms with E-state index in [-0.39, 0.29) is 44.8 Å². The average molecular weight is 631 g/mol. The number of nitrogens with zero attached hydrogens (tertiary/aromatic N) is 1. The quantitative estimate of drug-likeness (QED) is 0.155. The number of hydrogen-bond donors (Lipinski definition) is 2. The Hall–Kier alpha value is -3.82. The van der Waals surface area contributed by atoms with Crippen molar-refractivity contribution in [3.63, 3.8) is 0 Å². The molecule has 0 aliphatic heterocycles. The zero-order valence-electron chi connectivity index (χ0n) is 22.8. The van der Waals surface area contributed by atoms with Crippen molar-refractivity contribution < 1.29 is 64.0 Å². The zero-order valence-corrected chi connectivity index (χ0v) is 22.8. The minimum atomic E-state index is -5.70. The van der Waals surface area contributed by atoms with Gasteiger partial charge in [-0.15, -0.1) is 13.2 Å². The molecule has 0 aromatic heterocycles. The van der Waals surface area contributed by atoms with Crippen LogP contribution in [0.4, 0.5) is 45.6 Å². The van der Waals surface area contributed by atoms with Crippen LogP contribution in [0.5, 0.6) is 11.5 Å². The summed E-state index contributed by atoms with van der Waals surface area (Å²) in [5, 5.41) is 11.6. The van der Waals surface area contributed by atoms with E-state index in [9.17, 15) is 49.8 Å². The molecule has 0 radical (unpaired) electrons. The first-order valence-electron chi connectivity index (χ1n) is 12.9. The van der Waals surface area contributed by atoms with Crippen molar-refractivity contribution in [2.75, 3.05) is 31.6 Å². The second-order valence-electron chi connectivity index (χ2n) is 9.13. The van der Waals surface area contributed by atoms with Crippen LogP contribution in [-0.2, 0) is 16.0 Å². The fourth-order valence-electron chi connectivity index (χ4n) is 3.68. The second kappa shape index (κ2) is 15.6. The Labute approximate surface area is 241 Å². The number of carbonyl (C=O) groups excluding carboxylic acids is 1. The van der Waals surface area contributed by atoms with E-state index in [0.717, 1.165) is 29.2 Å². The van der Waals surface area contributed by atoms with E-state index in [1.54, 1.807) is 31.2 Å². The third-order valence-corrected chi connectivity index (χ3v) is 5.83. The largest absolute Gasteiger partial charge is 0.573 e.